The van der Waals surface area contributed by atoms with Crippen LogP contribution in [0.1, 0.15) is 54.7 Å². The summed E-state index contributed by atoms with van der Waals surface area (Å²) in [6, 6.07) is 13.7. The van der Waals surface area contributed by atoms with Crippen LogP contribution in [0.4, 0.5) is 21.6 Å². The van der Waals surface area contributed by atoms with Crippen molar-refractivity contribution in [2.24, 2.45) is 0 Å². The van der Waals surface area contributed by atoms with Crippen LogP contribution in [-0.2, 0) is 16.1 Å². The lowest BCUT2D eigenvalue weighted by Gasteiger charge is -2.25. The minimum atomic E-state index is -0.883. The Labute approximate surface area is 210 Å². The summed E-state index contributed by atoms with van der Waals surface area (Å²) in [4.78, 5) is 31.6. The van der Waals surface area contributed by atoms with Crippen LogP contribution in [0.25, 0.3) is 0 Å². The topological polar surface area (TPSA) is 97.5 Å². The summed E-state index contributed by atoms with van der Waals surface area (Å²) >= 11 is 0. The molecule has 7 nitrogen and oxygen atoms in total. The molecule has 0 unspecified atom stereocenters. The van der Waals surface area contributed by atoms with Crippen LogP contribution in [0.3, 0.4) is 0 Å². The first-order valence-corrected chi connectivity index (χ1v) is 12.1. The van der Waals surface area contributed by atoms with Gasteiger partial charge < -0.3 is 15.8 Å². The van der Waals surface area contributed by atoms with Gasteiger partial charge in [0.05, 0.1) is 31.2 Å². The van der Waals surface area contributed by atoms with Crippen molar-refractivity contribution in [3.8, 4) is 5.75 Å². The van der Waals surface area contributed by atoms with E-state index >= 15 is 4.39 Å². The molecule has 0 saturated heterocycles. The van der Waals surface area contributed by atoms with Crippen LogP contribution in [-0.4, -0.2) is 23.9 Å². The molecular weight excluding hydrogens is 459 g/mol. The number of nitrogen functional groups attached to an aromatic ring is 1. The van der Waals surface area contributed by atoms with E-state index in [-0.39, 0.29) is 6.54 Å². The first kappa shape index (κ1) is 25.2. The third-order valence-corrected chi connectivity index (χ3v) is 6.67. The molecule has 2 aromatic carbocycles. The number of benzene rings is 2. The van der Waals surface area contributed by atoms with E-state index in [9.17, 15) is 9.59 Å². The number of carbonyl (C=O) groups excluding carboxylic acids is 2. The second-order valence-electron chi connectivity index (χ2n) is 9.13. The van der Waals surface area contributed by atoms with Crippen molar-refractivity contribution >= 4 is 29.0 Å². The fraction of sp³-hybridized carbons (Fsp3) is 0.321. The minimum Gasteiger partial charge on any atom is -0.495 e. The molecule has 1 fully saturated rings. The second-order valence-corrected chi connectivity index (χ2v) is 9.13. The van der Waals surface area contributed by atoms with E-state index < -0.39 is 17.6 Å². The van der Waals surface area contributed by atoms with Crippen molar-refractivity contribution in [3.63, 3.8) is 0 Å². The number of rotatable bonds is 6. The number of methoxy groups -OCH3 is 1. The van der Waals surface area contributed by atoms with Gasteiger partial charge in [-0.15, -0.1) is 0 Å². The lowest BCUT2D eigenvalue weighted by atomic mass is 9.84. The highest BCUT2D eigenvalue weighted by Crippen LogP contribution is 2.34. The molecule has 3 N–H and O–H groups in total. The number of hydrogen-bond acceptors (Lipinski definition) is 5. The average Bonchev–Trinajstić information content (AvgIpc) is 2.90. The number of halogens is 1. The van der Waals surface area contributed by atoms with E-state index in [1.807, 2.05) is 6.07 Å². The Balaban J connectivity index is 1.62. The molecule has 0 bridgehead atoms. The van der Waals surface area contributed by atoms with Gasteiger partial charge in [-0.3, -0.25) is 14.5 Å². The molecule has 0 radical (unpaired) electrons. The third kappa shape index (κ3) is 5.64. The van der Waals surface area contributed by atoms with Crippen LogP contribution in [0.15, 0.2) is 54.7 Å². The van der Waals surface area contributed by atoms with Crippen molar-refractivity contribution < 1.29 is 18.7 Å². The second kappa shape index (κ2) is 11.2. The van der Waals surface area contributed by atoms with Crippen LogP contribution in [0.2, 0.25) is 0 Å². The molecule has 4 rings (SSSR count). The molecule has 0 aliphatic heterocycles. The van der Waals surface area contributed by atoms with Crippen LogP contribution < -0.4 is 20.7 Å². The number of anilines is 3. The number of nitrogens with zero attached hydrogens (tertiary/aromatic N) is 2. The van der Waals surface area contributed by atoms with Crippen molar-refractivity contribution in [3.05, 3.63) is 77.2 Å². The SMILES string of the molecule is COc1ccccc1N(Cc1ccc(C2CCCCC2)cc1F)C(=O)C(=O)Nc1cnc(N)c(C)c1. The normalized spacial score (nSPS) is 13.8. The summed E-state index contributed by atoms with van der Waals surface area (Å²) in [6.07, 6.45) is 7.03. The summed E-state index contributed by atoms with van der Waals surface area (Å²) in [5, 5.41) is 2.57. The highest BCUT2D eigenvalue weighted by molar-refractivity contribution is 6.44. The monoisotopic (exact) mass is 490 g/mol. The smallest absolute Gasteiger partial charge is 0.317 e. The zero-order valence-electron chi connectivity index (χ0n) is 20.6. The molecule has 1 heterocycles. The number of aryl methyl sites for hydroxylation is 1. The van der Waals surface area contributed by atoms with Gasteiger partial charge in [0.2, 0.25) is 0 Å². The van der Waals surface area contributed by atoms with E-state index in [2.05, 4.69) is 10.3 Å². The standard InChI is InChI=1S/C28H31FN4O3/c1-18-14-22(16-31-26(18)30)32-27(34)28(35)33(24-10-6-7-11-25(24)36-2)17-21-13-12-20(15-23(21)29)19-8-4-3-5-9-19/h6-7,10-16,19H,3-5,8-9,17H2,1-2H3,(H2,30,31)(H,32,34). The number of hydrogen-bond donors (Lipinski definition) is 2. The Hall–Kier alpha value is -3.94. The number of nitrogens with two attached hydrogens (primary N) is 1. The average molecular weight is 491 g/mol. The number of nitrogens with one attached hydrogen (secondary N) is 1. The maximum Gasteiger partial charge on any atom is 0.317 e. The quantitative estimate of drug-likeness (QED) is 0.455. The van der Waals surface area contributed by atoms with Gasteiger partial charge in [-0.1, -0.05) is 43.5 Å². The predicted molar refractivity (Wildman–Crippen MR) is 138 cm³/mol. The van der Waals surface area contributed by atoms with Gasteiger partial charge in [0, 0.05) is 5.56 Å². The molecular formula is C28H31FN4O3. The molecule has 3 aromatic rings. The first-order chi connectivity index (χ1) is 17.4. The first-order valence-electron chi connectivity index (χ1n) is 12.1. The van der Waals surface area contributed by atoms with E-state index in [4.69, 9.17) is 10.5 Å². The summed E-state index contributed by atoms with van der Waals surface area (Å²) in [5.41, 5.74) is 8.41. The van der Waals surface area contributed by atoms with Crippen molar-refractivity contribution in [1.82, 2.24) is 4.98 Å². The van der Waals surface area contributed by atoms with Crippen molar-refractivity contribution in [2.45, 2.75) is 51.5 Å². The molecule has 0 spiro atoms. The number of carbonyl (C=O) groups is 2. The third-order valence-electron chi connectivity index (χ3n) is 6.67. The maximum absolute atomic E-state index is 15.3. The largest absolute Gasteiger partial charge is 0.495 e. The Morgan fingerprint density at radius 1 is 1.14 bits per heavy atom. The summed E-state index contributed by atoms with van der Waals surface area (Å²) in [7, 11) is 1.48. The van der Waals surface area contributed by atoms with Gasteiger partial charge in [-0.05, 0) is 61.1 Å². The lowest BCUT2D eigenvalue weighted by molar-refractivity contribution is -0.134. The highest BCUT2D eigenvalue weighted by Gasteiger charge is 2.27. The van der Waals surface area contributed by atoms with Gasteiger partial charge in [0.15, 0.2) is 0 Å². The molecule has 1 aliphatic rings. The van der Waals surface area contributed by atoms with Crippen LogP contribution in [0.5, 0.6) is 5.75 Å². The summed E-state index contributed by atoms with van der Waals surface area (Å²) < 4.78 is 20.7. The van der Waals surface area contributed by atoms with Crippen LogP contribution in [0, 0.1) is 12.7 Å². The number of amides is 2. The Kier molecular flexibility index (Phi) is 7.83. The summed E-state index contributed by atoms with van der Waals surface area (Å²) in [5.74, 6) is -1.05. The van der Waals surface area contributed by atoms with Crippen LogP contribution >= 0.6 is 0 Å². The molecule has 36 heavy (non-hydrogen) atoms. The molecule has 1 aliphatic carbocycles. The van der Waals surface area contributed by atoms with Gasteiger partial charge in [-0.25, -0.2) is 9.37 Å². The highest BCUT2D eigenvalue weighted by atomic mass is 19.1. The molecule has 0 atom stereocenters. The van der Waals surface area contributed by atoms with E-state index in [0.717, 1.165) is 31.2 Å². The van der Waals surface area contributed by atoms with E-state index in [1.54, 1.807) is 49.4 Å². The molecule has 188 valence electrons. The summed E-state index contributed by atoms with van der Waals surface area (Å²) in [6.45, 7) is 1.61. The zero-order chi connectivity index (χ0) is 25.7. The fourth-order valence-electron chi connectivity index (χ4n) is 4.63. The van der Waals surface area contributed by atoms with Crippen molar-refractivity contribution in [2.75, 3.05) is 23.1 Å². The van der Waals surface area contributed by atoms with Gasteiger partial charge >= 0.3 is 11.8 Å². The maximum atomic E-state index is 15.3. The number of para-hydroxylation sites is 2. The molecule has 1 aromatic heterocycles. The zero-order valence-corrected chi connectivity index (χ0v) is 20.6. The van der Waals surface area contributed by atoms with Gasteiger partial charge in [0.1, 0.15) is 17.4 Å². The molecule has 8 heteroatoms. The lowest BCUT2D eigenvalue weighted by Crippen LogP contribution is -2.40. The fourth-order valence-corrected chi connectivity index (χ4v) is 4.63. The molecule has 1 saturated carbocycles. The number of aromatic nitrogens is 1. The van der Waals surface area contributed by atoms with Gasteiger partial charge in [-0.2, -0.15) is 0 Å². The van der Waals surface area contributed by atoms with E-state index in [0.29, 0.717) is 40.0 Å². The number of ether oxygens (including phenoxy) is 1. The van der Waals surface area contributed by atoms with Gasteiger partial charge in [0.25, 0.3) is 0 Å². The molecule has 2 amide bonds. The predicted octanol–water partition coefficient (Wildman–Crippen LogP) is 5.34. The van der Waals surface area contributed by atoms with E-state index in [1.165, 1.54) is 24.6 Å². The number of pyridine rings is 1. The Bertz CT molecular complexity index is 1260. The van der Waals surface area contributed by atoms with Crippen molar-refractivity contribution in [1.29, 1.82) is 0 Å². The minimum absolute atomic E-state index is 0.136. The Morgan fingerprint density at radius 3 is 2.58 bits per heavy atom. The Morgan fingerprint density at radius 2 is 1.89 bits per heavy atom.